The second-order valence-corrected chi connectivity index (χ2v) is 8.31. The lowest BCUT2D eigenvalue weighted by Crippen LogP contribution is -2.60. The number of methoxy groups -OCH3 is 4. The lowest BCUT2D eigenvalue weighted by atomic mass is 9.99. The Morgan fingerprint density at radius 3 is 2.13 bits per heavy atom. The molecule has 13 heteroatoms. The number of ether oxygens (including phenoxy) is 6. The van der Waals surface area contributed by atoms with Crippen LogP contribution < -0.4 is 29.1 Å². The largest absolute Gasteiger partial charge is 0.504 e. The van der Waals surface area contributed by atoms with Crippen LogP contribution in [0.5, 0.6) is 34.5 Å². The number of aliphatic hydroxyl groups excluding tert-OH is 4. The van der Waals surface area contributed by atoms with Gasteiger partial charge in [0.05, 0.1) is 35.0 Å². The summed E-state index contributed by atoms with van der Waals surface area (Å²) in [7, 11) is 5.30. The van der Waals surface area contributed by atoms with E-state index in [1.807, 2.05) is 0 Å². The minimum Gasteiger partial charge on any atom is -0.504 e. The van der Waals surface area contributed by atoms with Gasteiger partial charge in [-0.05, 0) is 18.2 Å². The smallest absolute Gasteiger partial charge is 0.239 e. The maximum atomic E-state index is 13.3. The Morgan fingerprint density at radius 1 is 0.842 bits per heavy atom. The summed E-state index contributed by atoms with van der Waals surface area (Å²) in [4.78, 5) is 13.3. The summed E-state index contributed by atoms with van der Waals surface area (Å²) < 4.78 is 38.2. The van der Waals surface area contributed by atoms with E-state index in [0.717, 1.165) is 0 Å². The molecular formula is C25H28O13. The van der Waals surface area contributed by atoms with Crippen molar-refractivity contribution in [3.05, 3.63) is 34.5 Å². The summed E-state index contributed by atoms with van der Waals surface area (Å²) >= 11 is 0. The molecule has 206 valence electrons. The predicted molar refractivity (Wildman–Crippen MR) is 130 cm³/mol. The summed E-state index contributed by atoms with van der Waals surface area (Å²) in [5.74, 6) is -0.373. The molecule has 1 aliphatic heterocycles. The minimum absolute atomic E-state index is 0.00145. The highest BCUT2D eigenvalue weighted by atomic mass is 16.7. The van der Waals surface area contributed by atoms with Gasteiger partial charge in [-0.1, -0.05) is 0 Å². The monoisotopic (exact) mass is 536 g/mol. The first-order valence-corrected chi connectivity index (χ1v) is 11.3. The molecule has 5 atom stereocenters. The third-order valence-electron chi connectivity index (χ3n) is 6.18. The van der Waals surface area contributed by atoms with Gasteiger partial charge in [0, 0.05) is 11.6 Å². The molecule has 0 bridgehead atoms. The molecule has 0 saturated carbocycles. The van der Waals surface area contributed by atoms with E-state index in [4.69, 9.17) is 32.8 Å². The van der Waals surface area contributed by atoms with E-state index >= 15 is 0 Å². The maximum Gasteiger partial charge on any atom is 0.239 e. The zero-order valence-electron chi connectivity index (χ0n) is 20.9. The molecule has 0 spiro atoms. The molecule has 5 unspecified atom stereocenters. The Balaban J connectivity index is 1.78. The van der Waals surface area contributed by atoms with Crippen LogP contribution in [0.2, 0.25) is 0 Å². The highest BCUT2D eigenvalue weighted by Gasteiger charge is 2.45. The molecule has 4 rings (SSSR count). The maximum absolute atomic E-state index is 13.3. The van der Waals surface area contributed by atoms with Crippen LogP contribution in [0.4, 0.5) is 0 Å². The highest BCUT2D eigenvalue weighted by Crippen LogP contribution is 2.44. The van der Waals surface area contributed by atoms with E-state index in [9.17, 15) is 30.3 Å². The second kappa shape index (κ2) is 10.9. The van der Waals surface area contributed by atoms with Gasteiger partial charge in [-0.3, -0.25) is 4.79 Å². The van der Waals surface area contributed by atoms with Crippen LogP contribution in [0, 0.1) is 0 Å². The molecular weight excluding hydrogens is 508 g/mol. The first-order chi connectivity index (χ1) is 18.2. The molecule has 2 aromatic carbocycles. The van der Waals surface area contributed by atoms with Crippen LogP contribution in [-0.4, -0.2) is 91.3 Å². The van der Waals surface area contributed by atoms with Gasteiger partial charge in [-0.25, -0.2) is 0 Å². The van der Waals surface area contributed by atoms with E-state index in [0.29, 0.717) is 5.56 Å². The van der Waals surface area contributed by atoms with Crippen molar-refractivity contribution in [1.82, 2.24) is 0 Å². The fraction of sp³-hybridized carbons (Fsp3) is 0.400. The zero-order chi connectivity index (χ0) is 27.7. The lowest BCUT2D eigenvalue weighted by molar-refractivity contribution is -0.277. The van der Waals surface area contributed by atoms with Crippen LogP contribution in [0.25, 0.3) is 22.3 Å². The van der Waals surface area contributed by atoms with Crippen LogP contribution in [0.3, 0.4) is 0 Å². The van der Waals surface area contributed by atoms with Crippen molar-refractivity contribution in [3.8, 4) is 45.8 Å². The van der Waals surface area contributed by atoms with Gasteiger partial charge in [0.15, 0.2) is 28.8 Å². The number of fused-ring (bicyclic) bond motifs is 1. The summed E-state index contributed by atoms with van der Waals surface area (Å²) in [6.07, 6.45) is -7.40. The molecule has 0 aliphatic carbocycles. The van der Waals surface area contributed by atoms with E-state index < -0.39 is 48.5 Å². The summed E-state index contributed by atoms with van der Waals surface area (Å²) in [5, 5.41) is 50.2. The Hall–Kier alpha value is -3.75. The van der Waals surface area contributed by atoms with Crippen molar-refractivity contribution in [2.24, 2.45) is 0 Å². The molecule has 1 aromatic heterocycles. The van der Waals surface area contributed by atoms with Crippen molar-refractivity contribution < 1.29 is 58.4 Å². The fourth-order valence-corrected chi connectivity index (χ4v) is 4.20. The zero-order valence-corrected chi connectivity index (χ0v) is 20.9. The first kappa shape index (κ1) is 27.3. The third-order valence-corrected chi connectivity index (χ3v) is 6.18. The number of hydrogen-bond acceptors (Lipinski definition) is 13. The predicted octanol–water partition coefficient (Wildman–Crippen LogP) is 0.379. The van der Waals surface area contributed by atoms with Gasteiger partial charge >= 0.3 is 0 Å². The Labute approximate surface area is 215 Å². The molecule has 38 heavy (non-hydrogen) atoms. The van der Waals surface area contributed by atoms with Crippen molar-refractivity contribution in [2.75, 3.05) is 35.0 Å². The van der Waals surface area contributed by atoms with Crippen LogP contribution in [0.1, 0.15) is 0 Å². The molecule has 5 N–H and O–H groups in total. The van der Waals surface area contributed by atoms with Crippen LogP contribution >= 0.6 is 0 Å². The van der Waals surface area contributed by atoms with E-state index in [1.54, 1.807) is 0 Å². The number of rotatable bonds is 8. The molecule has 13 nitrogen and oxygen atoms in total. The van der Waals surface area contributed by atoms with Gasteiger partial charge in [0.1, 0.15) is 35.4 Å². The standard InChI is InChI=1S/C25H28O13/c1-32-12-7-10(5-6-11(12)37-25-21(31)20(30)17(27)15(9-26)38-25)22-24(35-4)19(29)16-13(36-22)8-14(33-2)23(34-3)18(16)28/h5-8,15,17,20-21,25-28,30-31H,9H2,1-4H3. The van der Waals surface area contributed by atoms with E-state index in [-0.39, 0.29) is 45.5 Å². The van der Waals surface area contributed by atoms with Crippen LogP contribution in [-0.2, 0) is 4.74 Å². The SMILES string of the molecule is COc1cc(-c2oc3cc(OC)c(OC)c(O)c3c(=O)c2OC)ccc1OC1OC(CO)C(O)C(O)C1O. The van der Waals surface area contributed by atoms with Crippen molar-refractivity contribution in [1.29, 1.82) is 0 Å². The van der Waals surface area contributed by atoms with E-state index in [1.165, 1.54) is 52.7 Å². The third kappa shape index (κ3) is 4.54. The molecule has 1 saturated heterocycles. The second-order valence-electron chi connectivity index (χ2n) is 8.31. The van der Waals surface area contributed by atoms with Crippen LogP contribution in [0.15, 0.2) is 33.5 Å². The summed E-state index contributed by atoms with van der Waals surface area (Å²) in [6, 6.07) is 5.80. The summed E-state index contributed by atoms with van der Waals surface area (Å²) in [5.41, 5.74) is -0.336. The van der Waals surface area contributed by atoms with Gasteiger partial charge in [-0.15, -0.1) is 0 Å². The average Bonchev–Trinajstić information content (AvgIpc) is 2.92. The van der Waals surface area contributed by atoms with E-state index in [2.05, 4.69) is 0 Å². The number of hydrogen-bond donors (Lipinski definition) is 5. The normalized spacial score (nSPS) is 23.2. The topological polar surface area (TPSA) is 187 Å². The van der Waals surface area contributed by atoms with Crippen molar-refractivity contribution in [3.63, 3.8) is 0 Å². The quantitative estimate of drug-likeness (QED) is 0.266. The van der Waals surface area contributed by atoms with Crippen molar-refractivity contribution in [2.45, 2.75) is 30.7 Å². The molecule has 3 aromatic rings. The lowest BCUT2D eigenvalue weighted by Gasteiger charge is -2.39. The van der Waals surface area contributed by atoms with Gasteiger partial charge < -0.3 is 58.4 Å². The number of aliphatic hydroxyl groups is 4. The van der Waals surface area contributed by atoms with Crippen molar-refractivity contribution >= 4 is 11.0 Å². The fourth-order valence-electron chi connectivity index (χ4n) is 4.20. The number of phenolic OH excluding ortho intramolecular Hbond substituents is 1. The minimum atomic E-state index is -1.63. The van der Waals surface area contributed by atoms with Gasteiger partial charge in [0.2, 0.25) is 23.2 Å². The molecule has 2 heterocycles. The Morgan fingerprint density at radius 2 is 1.53 bits per heavy atom. The number of phenols is 1. The Bertz CT molecular complexity index is 1370. The molecule has 1 aliphatic rings. The molecule has 1 fully saturated rings. The summed E-state index contributed by atoms with van der Waals surface area (Å²) in [6.45, 7) is -0.617. The number of aromatic hydroxyl groups is 1. The van der Waals surface area contributed by atoms with Gasteiger partial charge in [0.25, 0.3) is 0 Å². The Kier molecular flexibility index (Phi) is 7.85. The molecule has 0 radical (unpaired) electrons. The highest BCUT2D eigenvalue weighted by molar-refractivity contribution is 5.91. The average molecular weight is 536 g/mol. The van der Waals surface area contributed by atoms with Gasteiger partial charge in [-0.2, -0.15) is 0 Å². The number of benzene rings is 2. The molecule has 0 amide bonds. The first-order valence-electron chi connectivity index (χ1n) is 11.3.